The third-order valence-corrected chi connectivity index (χ3v) is 3.37. The molecule has 6 nitrogen and oxygen atoms in total. The first-order valence-corrected chi connectivity index (χ1v) is 6.43. The van der Waals surface area contributed by atoms with Crippen LogP contribution in [0.25, 0.3) is 0 Å². The Hall–Kier alpha value is -0.980. The summed E-state index contributed by atoms with van der Waals surface area (Å²) in [4.78, 5) is 9.08. The Balaban J connectivity index is 1.80. The maximum Gasteiger partial charge on any atom is 0.223 e. The summed E-state index contributed by atoms with van der Waals surface area (Å²) in [6.45, 7) is 9.81. The fraction of sp³-hybridized carbons (Fsp3) is 0.833. The average Bonchev–Trinajstić information content (AvgIpc) is 2.74. The van der Waals surface area contributed by atoms with Crippen molar-refractivity contribution in [2.24, 2.45) is 0 Å². The zero-order valence-electron chi connectivity index (χ0n) is 11.4. The van der Waals surface area contributed by atoms with E-state index in [0.29, 0.717) is 11.9 Å². The molecule has 0 aromatic carbocycles. The Morgan fingerprint density at radius 3 is 2.89 bits per heavy atom. The Labute approximate surface area is 108 Å². The first kappa shape index (κ1) is 13.5. The minimum absolute atomic E-state index is 0.543. The summed E-state index contributed by atoms with van der Waals surface area (Å²) in [5.74, 6) is 1.42. The normalized spacial score (nSPS) is 22.5. The first-order chi connectivity index (χ1) is 8.69. The van der Waals surface area contributed by atoms with E-state index < -0.39 is 0 Å². The first-order valence-electron chi connectivity index (χ1n) is 6.43. The highest BCUT2D eigenvalue weighted by atomic mass is 16.5. The predicted octanol–water partition coefficient (Wildman–Crippen LogP) is 0.531. The summed E-state index contributed by atoms with van der Waals surface area (Å²) in [6, 6.07) is 0.543. The highest BCUT2D eigenvalue weighted by molar-refractivity contribution is 4.87. The molecular formula is C12H22N4O2. The zero-order chi connectivity index (χ0) is 13.0. The molecule has 1 atom stereocenters. The maximum absolute atomic E-state index is 5.13. The zero-order valence-corrected chi connectivity index (χ0v) is 11.4. The molecule has 1 aromatic heterocycles. The molecule has 0 radical (unpaired) electrons. The third-order valence-electron chi connectivity index (χ3n) is 3.37. The molecule has 0 bridgehead atoms. The van der Waals surface area contributed by atoms with Crippen molar-refractivity contribution in [1.82, 2.24) is 19.9 Å². The molecule has 1 saturated heterocycles. The van der Waals surface area contributed by atoms with Crippen molar-refractivity contribution in [2.45, 2.75) is 26.4 Å². The SMILES string of the molecule is COCCN1CCN(Cc2noc(C)n2)C[C@@H]1C. The van der Waals surface area contributed by atoms with Crippen molar-refractivity contribution in [2.75, 3.05) is 39.9 Å². The Morgan fingerprint density at radius 1 is 1.44 bits per heavy atom. The highest BCUT2D eigenvalue weighted by Gasteiger charge is 2.24. The largest absolute Gasteiger partial charge is 0.383 e. The summed E-state index contributed by atoms with van der Waals surface area (Å²) in [7, 11) is 1.75. The molecule has 0 unspecified atom stereocenters. The lowest BCUT2D eigenvalue weighted by Crippen LogP contribution is -2.52. The molecule has 1 aliphatic heterocycles. The number of hydrogen-bond acceptors (Lipinski definition) is 6. The van der Waals surface area contributed by atoms with Gasteiger partial charge < -0.3 is 9.26 Å². The highest BCUT2D eigenvalue weighted by Crippen LogP contribution is 2.11. The van der Waals surface area contributed by atoms with Gasteiger partial charge in [-0.2, -0.15) is 4.98 Å². The van der Waals surface area contributed by atoms with Crippen LogP contribution in [0.3, 0.4) is 0 Å². The summed E-state index contributed by atoms with van der Waals surface area (Å²) < 4.78 is 10.1. The smallest absolute Gasteiger partial charge is 0.223 e. The van der Waals surface area contributed by atoms with Gasteiger partial charge in [-0.25, -0.2) is 0 Å². The van der Waals surface area contributed by atoms with Gasteiger partial charge in [-0.05, 0) is 6.92 Å². The number of piperazine rings is 1. The number of aromatic nitrogens is 2. The fourth-order valence-electron chi connectivity index (χ4n) is 2.36. The molecule has 6 heteroatoms. The predicted molar refractivity (Wildman–Crippen MR) is 67.2 cm³/mol. The van der Waals surface area contributed by atoms with Crippen LogP contribution in [-0.4, -0.2) is 65.9 Å². The summed E-state index contributed by atoms with van der Waals surface area (Å²) >= 11 is 0. The van der Waals surface area contributed by atoms with Gasteiger partial charge in [0.05, 0.1) is 13.2 Å². The lowest BCUT2D eigenvalue weighted by atomic mass is 10.2. The number of methoxy groups -OCH3 is 1. The molecule has 0 amide bonds. The van der Waals surface area contributed by atoms with E-state index in [1.54, 1.807) is 7.11 Å². The van der Waals surface area contributed by atoms with Crippen LogP contribution >= 0.6 is 0 Å². The monoisotopic (exact) mass is 254 g/mol. The second-order valence-corrected chi connectivity index (χ2v) is 4.84. The van der Waals surface area contributed by atoms with Crippen LogP contribution in [0.5, 0.6) is 0 Å². The van der Waals surface area contributed by atoms with Crippen molar-refractivity contribution >= 4 is 0 Å². The number of rotatable bonds is 5. The number of ether oxygens (including phenoxy) is 1. The summed E-state index contributed by atoms with van der Waals surface area (Å²) in [5.41, 5.74) is 0. The van der Waals surface area contributed by atoms with Crippen molar-refractivity contribution in [3.8, 4) is 0 Å². The van der Waals surface area contributed by atoms with E-state index in [-0.39, 0.29) is 0 Å². The minimum atomic E-state index is 0.543. The second-order valence-electron chi connectivity index (χ2n) is 4.84. The third kappa shape index (κ3) is 3.51. The van der Waals surface area contributed by atoms with Crippen LogP contribution in [-0.2, 0) is 11.3 Å². The maximum atomic E-state index is 5.13. The lowest BCUT2D eigenvalue weighted by molar-refractivity contribution is 0.0543. The van der Waals surface area contributed by atoms with Gasteiger partial charge in [-0.1, -0.05) is 5.16 Å². The van der Waals surface area contributed by atoms with Crippen LogP contribution in [0.15, 0.2) is 4.52 Å². The van der Waals surface area contributed by atoms with Gasteiger partial charge in [-0.3, -0.25) is 9.80 Å². The Kier molecular flexibility index (Phi) is 4.68. The fourth-order valence-corrected chi connectivity index (χ4v) is 2.36. The van der Waals surface area contributed by atoms with Crippen LogP contribution in [0, 0.1) is 6.92 Å². The molecule has 0 spiro atoms. The van der Waals surface area contributed by atoms with Gasteiger partial charge in [0.1, 0.15) is 0 Å². The van der Waals surface area contributed by atoms with Crippen LogP contribution < -0.4 is 0 Å². The van der Waals surface area contributed by atoms with E-state index in [1.165, 1.54) is 0 Å². The van der Waals surface area contributed by atoms with Crippen LogP contribution in [0.4, 0.5) is 0 Å². The van der Waals surface area contributed by atoms with Crippen molar-refractivity contribution in [1.29, 1.82) is 0 Å². The van der Waals surface area contributed by atoms with Crippen molar-refractivity contribution in [3.63, 3.8) is 0 Å². The Morgan fingerprint density at radius 2 is 2.28 bits per heavy atom. The van der Waals surface area contributed by atoms with E-state index >= 15 is 0 Å². The number of hydrogen-bond donors (Lipinski definition) is 0. The van der Waals surface area contributed by atoms with Gasteiger partial charge in [0.15, 0.2) is 5.82 Å². The van der Waals surface area contributed by atoms with Crippen LogP contribution in [0.1, 0.15) is 18.6 Å². The summed E-state index contributed by atoms with van der Waals surface area (Å²) in [6.07, 6.45) is 0. The van der Waals surface area contributed by atoms with Gasteiger partial charge >= 0.3 is 0 Å². The molecule has 1 aliphatic rings. The molecule has 18 heavy (non-hydrogen) atoms. The molecular weight excluding hydrogens is 232 g/mol. The van der Waals surface area contributed by atoms with Gasteiger partial charge in [-0.15, -0.1) is 0 Å². The molecule has 2 rings (SSSR count). The quantitative estimate of drug-likeness (QED) is 0.764. The number of aryl methyl sites for hydroxylation is 1. The van der Waals surface area contributed by atoms with Crippen LogP contribution in [0.2, 0.25) is 0 Å². The van der Waals surface area contributed by atoms with E-state index in [9.17, 15) is 0 Å². The van der Waals surface area contributed by atoms with E-state index in [1.807, 2.05) is 6.92 Å². The van der Waals surface area contributed by atoms with E-state index in [2.05, 4.69) is 26.9 Å². The number of nitrogens with zero attached hydrogens (tertiary/aromatic N) is 4. The molecule has 0 saturated carbocycles. The molecule has 102 valence electrons. The average molecular weight is 254 g/mol. The molecule has 0 N–H and O–H groups in total. The second kappa shape index (κ2) is 6.26. The molecule has 1 fully saturated rings. The van der Waals surface area contributed by atoms with E-state index in [4.69, 9.17) is 9.26 Å². The topological polar surface area (TPSA) is 54.6 Å². The van der Waals surface area contributed by atoms with E-state index in [0.717, 1.165) is 45.2 Å². The lowest BCUT2D eigenvalue weighted by Gasteiger charge is -2.39. The van der Waals surface area contributed by atoms with Gasteiger partial charge in [0.25, 0.3) is 0 Å². The summed E-state index contributed by atoms with van der Waals surface area (Å²) in [5, 5.41) is 3.94. The van der Waals surface area contributed by atoms with Gasteiger partial charge in [0.2, 0.25) is 5.89 Å². The van der Waals surface area contributed by atoms with Crippen molar-refractivity contribution in [3.05, 3.63) is 11.7 Å². The molecule has 2 heterocycles. The van der Waals surface area contributed by atoms with Gasteiger partial charge in [0, 0.05) is 46.3 Å². The Bertz CT molecular complexity index is 369. The molecule has 0 aliphatic carbocycles. The molecule has 1 aromatic rings. The van der Waals surface area contributed by atoms with Crippen molar-refractivity contribution < 1.29 is 9.26 Å². The minimum Gasteiger partial charge on any atom is -0.383 e. The standard InChI is InChI=1S/C12H22N4O2/c1-10-8-15(4-5-16(10)6-7-17-3)9-12-13-11(2)18-14-12/h10H,4-9H2,1-3H3/t10-/m0/s1.